The SMILES string of the molecule is Cc1cc(C)cc(N2C(=O)CS[C@@H]2c2ccccc2Br)c1. The molecule has 4 heteroatoms. The number of benzene rings is 2. The van der Waals surface area contributed by atoms with Crippen LogP contribution in [0.25, 0.3) is 0 Å². The molecular weight excluding hydrogens is 346 g/mol. The fraction of sp³-hybridized carbons (Fsp3) is 0.235. The monoisotopic (exact) mass is 361 g/mol. The average molecular weight is 362 g/mol. The van der Waals surface area contributed by atoms with E-state index in [2.05, 4.69) is 54.0 Å². The fourth-order valence-corrected chi connectivity index (χ4v) is 4.56. The van der Waals surface area contributed by atoms with Crippen molar-refractivity contribution in [3.8, 4) is 0 Å². The molecule has 1 amide bonds. The lowest BCUT2D eigenvalue weighted by molar-refractivity contribution is -0.115. The van der Waals surface area contributed by atoms with Gasteiger partial charge in [-0.2, -0.15) is 0 Å². The molecule has 0 N–H and O–H groups in total. The minimum atomic E-state index is 0.0364. The number of halogens is 1. The van der Waals surface area contributed by atoms with Gasteiger partial charge in [0.05, 0.1) is 5.75 Å². The molecule has 0 spiro atoms. The van der Waals surface area contributed by atoms with Gasteiger partial charge in [-0.05, 0) is 48.7 Å². The number of carbonyl (C=O) groups excluding carboxylic acids is 1. The highest BCUT2D eigenvalue weighted by molar-refractivity contribution is 9.10. The standard InChI is InChI=1S/C17H16BrNOS/c1-11-7-12(2)9-13(8-11)19-16(20)10-21-17(19)14-5-3-4-6-15(14)18/h3-9,17H,10H2,1-2H3/t17-/m1/s1. The van der Waals surface area contributed by atoms with Crippen molar-refractivity contribution in [2.45, 2.75) is 19.2 Å². The Hall–Kier alpha value is -1.26. The quantitative estimate of drug-likeness (QED) is 0.762. The zero-order chi connectivity index (χ0) is 15.0. The van der Waals surface area contributed by atoms with Gasteiger partial charge in [-0.1, -0.05) is 40.2 Å². The van der Waals surface area contributed by atoms with Gasteiger partial charge in [0.1, 0.15) is 5.37 Å². The Kier molecular flexibility index (Phi) is 4.09. The third-order valence-corrected chi connectivity index (χ3v) is 5.44. The molecule has 1 heterocycles. The van der Waals surface area contributed by atoms with Crippen LogP contribution in [0.2, 0.25) is 0 Å². The summed E-state index contributed by atoms with van der Waals surface area (Å²) >= 11 is 5.28. The van der Waals surface area contributed by atoms with E-state index in [9.17, 15) is 4.79 Å². The predicted octanol–water partition coefficient (Wildman–Crippen LogP) is 4.84. The molecule has 21 heavy (non-hydrogen) atoms. The van der Waals surface area contributed by atoms with Gasteiger partial charge in [0.25, 0.3) is 0 Å². The summed E-state index contributed by atoms with van der Waals surface area (Å²) in [6.45, 7) is 4.13. The molecule has 3 rings (SSSR count). The Balaban J connectivity index is 2.06. The maximum Gasteiger partial charge on any atom is 0.238 e. The summed E-state index contributed by atoms with van der Waals surface area (Å²) in [5, 5.41) is 0.0364. The number of hydrogen-bond donors (Lipinski definition) is 0. The van der Waals surface area contributed by atoms with Crippen molar-refractivity contribution >= 4 is 39.3 Å². The lowest BCUT2D eigenvalue weighted by atomic mass is 10.1. The molecule has 0 unspecified atom stereocenters. The Morgan fingerprint density at radius 3 is 2.48 bits per heavy atom. The first kappa shape index (κ1) is 14.7. The van der Waals surface area contributed by atoms with Crippen LogP contribution in [0.4, 0.5) is 5.69 Å². The van der Waals surface area contributed by atoms with Crippen molar-refractivity contribution in [1.29, 1.82) is 0 Å². The zero-order valence-electron chi connectivity index (χ0n) is 12.0. The highest BCUT2D eigenvalue weighted by Gasteiger charge is 2.35. The number of nitrogens with zero attached hydrogens (tertiary/aromatic N) is 1. The molecule has 0 saturated carbocycles. The van der Waals surface area contributed by atoms with E-state index in [1.54, 1.807) is 11.8 Å². The summed E-state index contributed by atoms with van der Waals surface area (Å²) in [6.07, 6.45) is 0. The maximum absolute atomic E-state index is 12.4. The van der Waals surface area contributed by atoms with E-state index < -0.39 is 0 Å². The smallest absolute Gasteiger partial charge is 0.238 e. The second kappa shape index (κ2) is 5.85. The molecule has 2 aromatic rings. The minimum absolute atomic E-state index is 0.0364. The average Bonchev–Trinajstić information content (AvgIpc) is 2.80. The number of carbonyl (C=O) groups is 1. The van der Waals surface area contributed by atoms with E-state index in [1.165, 1.54) is 11.1 Å². The number of thioether (sulfide) groups is 1. The minimum Gasteiger partial charge on any atom is -0.295 e. The Morgan fingerprint density at radius 1 is 1.14 bits per heavy atom. The predicted molar refractivity (Wildman–Crippen MR) is 92.7 cm³/mol. The van der Waals surface area contributed by atoms with Crippen molar-refractivity contribution < 1.29 is 4.79 Å². The molecule has 108 valence electrons. The van der Waals surface area contributed by atoms with Crippen LogP contribution >= 0.6 is 27.7 Å². The van der Waals surface area contributed by atoms with Crippen molar-refractivity contribution in [3.63, 3.8) is 0 Å². The first-order valence-electron chi connectivity index (χ1n) is 6.82. The lowest BCUT2D eigenvalue weighted by Crippen LogP contribution is -2.28. The van der Waals surface area contributed by atoms with Gasteiger partial charge in [-0.15, -0.1) is 11.8 Å². The maximum atomic E-state index is 12.4. The lowest BCUT2D eigenvalue weighted by Gasteiger charge is -2.25. The van der Waals surface area contributed by atoms with Crippen LogP contribution < -0.4 is 4.90 Å². The van der Waals surface area contributed by atoms with Gasteiger partial charge in [-0.25, -0.2) is 0 Å². The van der Waals surface area contributed by atoms with E-state index in [1.807, 2.05) is 23.1 Å². The van der Waals surface area contributed by atoms with E-state index in [-0.39, 0.29) is 11.3 Å². The third kappa shape index (κ3) is 2.87. The molecule has 0 aliphatic carbocycles. The van der Waals surface area contributed by atoms with Crippen LogP contribution in [0.3, 0.4) is 0 Å². The van der Waals surface area contributed by atoms with E-state index >= 15 is 0 Å². The van der Waals surface area contributed by atoms with Gasteiger partial charge in [-0.3, -0.25) is 9.69 Å². The number of rotatable bonds is 2. The Morgan fingerprint density at radius 2 is 1.81 bits per heavy atom. The van der Waals surface area contributed by atoms with Crippen molar-refractivity contribution in [2.75, 3.05) is 10.7 Å². The summed E-state index contributed by atoms with van der Waals surface area (Å²) in [6, 6.07) is 14.4. The second-order valence-electron chi connectivity index (χ2n) is 5.29. The molecule has 0 bridgehead atoms. The van der Waals surface area contributed by atoms with Gasteiger partial charge in [0.2, 0.25) is 5.91 Å². The summed E-state index contributed by atoms with van der Waals surface area (Å²) in [4.78, 5) is 14.3. The largest absolute Gasteiger partial charge is 0.295 e. The molecule has 1 atom stereocenters. The van der Waals surface area contributed by atoms with Crippen LogP contribution in [0.1, 0.15) is 22.1 Å². The Labute approximate surface area is 137 Å². The van der Waals surface area contributed by atoms with Crippen molar-refractivity contribution in [2.24, 2.45) is 0 Å². The summed E-state index contributed by atoms with van der Waals surface area (Å²) < 4.78 is 1.05. The van der Waals surface area contributed by atoms with Crippen LogP contribution in [-0.2, 0) is 4.79 Å². The van der Waals surface area contributed by atoms with E-state index in [0.29, 0.717) is 5.75 Å². The summed E-state index contributed by atoms with van der Waals surface area (Å²) in [5.41, 5.74) is 4.50. The second-order valence-corrected chi connectivity index (χ2v) is 7.22. The molecule has 1 saturated heterocycles. The van der Waals surface area contributed by atoms with E-state index in [4.69, 9.17) is 0 Å². The number of anilines is 1. The topological polar surface area (TPSA) is 20.3 Å². The third-order valence-electron chi connectivity index (χ3n) is 3.52. The molecule has 2 aromatic carbocycles. The van der Waals surface area contributed by atoms with Crippen LogP contribution in [-0.4, -0.2) is 11.7 Å². The summed E-state index contributed by atoms with van der Waals surface area (Å²) in [5.74, 6) is 0.699. The molecule has 1 fully saturated rings. The van der Waals surface area contributed by atoms with Gasteiger partial charge >= 0.3 is 0 Å². The van der Waals surface area contributed by atoms with Crippen molar-refractivity contribution in [1.82, 2.24) is 0 Å². The number of hydrogen-bond acceptors (Lipinski definition) is 2. The molecular formula is C17H16BrNOS. The number of aryl methyl sites for hydroxylation is 2. The Bertz CT molecular complexity index is 681. The van der Waals surface area contributed by atoms with E-state index in [0.717, 1.165) is 15.7 Å². The van der Waals surface area contributed by atoms with Crippen LogP contribution in [0.15, 0.2) is 46.9 Å². The zero-order valence-corrected chi connectivity index (χ0v) is 14.4. The first-order chi connectivity index (χ1) is 10.1. The molecule has 0 aromatic heterocycles. The molecule has 0 radical (unpaired) electrons. The van der Waals surface area contributed by atoms with Gasteiger partial charge < -0.3 is 0 Å². The summed E-state index contributed by atoms with van der Waals surface area (Å²) in [7, 11) is 0. The normalized spacial score (nSPS) is 18.3. The van der Waals surface area contributed by atoms with Crippen molar-refractivity contribution in [3.05, 3.63) is 63.6 Å². The fourth-order valence-electron chi connectivity index (χ4n) is 2.70. The first-order valence-corrected chi connectivity index (χ1v) is 8.67. The highest BCUT2D eigenvalue weighted by Crippen LogP contribution is 2.44. The van der Waals surface area contributed by atoms with Gasteiger partial charge in [0, 0.05) is 10.2 Å². The highest BCUT2D eigenvalue weighted by atomic mass is 79.9. The number of amides is 1. The van der Waals surface area contributed by atoms with Crippen LogP contribution in [0.5, 0.6) is 0 Å². The van der Waals surface area contributed by atoms with Gasteiger partial charge in [0.15, 0.2) is 0 Å². The molecule has 2 nitrogen and oxygen atoms in total. The molecule has 1 aliphatic rings. The van der Waals surface area contributed by atoms with Crippen LogP contribution in [0, 0.1) is 13.8 Å². The molecule has 1 aliphatic heterocycles.